The van der Waals surface area contributed by atoms with Crippen molar-refractivity contribution in [2.24, 2.45) is 11.3 Å². The molecule has 2 atom stereocenters. The SMILES string of the molecule is Cc1nc(F)ccc1[C@@H](c1cn(C23CC(C2)C3)nn1)N(COP(=O)(O)O)c1cc(C#N)c2ncc(C#N)c(N[C@H](C)C(C)(C)C)c2c1. The highest BCUT2D eigenvalue weighted by Gasteiger charge is 2.59. The van der Waals surface area contributed by atoms with E-state index in [0.717, 1.165) is 19.3 Å². The highest BCUT2D eigenvalue weighted by atomic mass is 31.2. The normalized spacial score (nSPS) is 20.0. The number of rotatable bonds is 10. The first-order valence-corrected chi connectivity index (χ1v) is 16.7. The Balaban J connectivity index is 1.58. The summed E-state index contributed by atoms with van der Waals surface area (Å²) < 4.78 is 33.3. The first-order chi connectivity index (χ1) is 22.1. The van der Waals surface area contributed by atoms with E-state index in [9.17, 15) is 29.3 Å². The van der Waals surface area contributed by atoms with Crippen molar-refractivity contribution in [3.8, 4) is 12.1 Å². The van der Waals surface area contributed by atoms with Crippen LogP contribution in [0.15, 0.2) is 36.7 Å². The molecule has 3 aliphatic rings. The number of anilines is 2. The van der Waals surface area contributed by atoms with Gasteiger partial charge in [0.05, 0.1) is 34.1 Å². The van der Waals surface area contributed by atoms with E-state index in [2.05, 4.69) is 58.5 Å². The molecule has 47 heavy (non-hydrogen) atoms. The smallest absolute Gasteiger partial charge is 0.380 e. The number of hydrogen-bond donors (Lipinski definition) is 3. The van der Waals surface area contributed by atoms with E-state index in [4.69, 9.17) is 4.52 Å². The Morgan fingerprint density at radius 1 is 1.21 bits per heavy atom. The Labute approximate surface area is 271 Å². The van der Waals surface area contributed by atoms with Gasteiger partial charge in [-0.3, -0.25) is 9.51 Å². The van der Waals surface area contributed by atoms with Gasteiger partial charge in [-0.25, -0.2) is 14.2 Å². The number of hydrogen-bond acceptors (Lipinski definition) is 10. The van der Waals surface area contributed by atoms with Crippen LogP contribution in [0.4, 0.5) is 15.8 Å². The number of nitrogens with zero attached hydrogens (tertiary/aromatic N) is 8. The molecule has 13 nitrogen and oxygen atoms in total. The van der Waals surface area contributed by atoms with Gasteiger partial charge in [-0.05, 0) is 62.6 Å². The minimum absolute atomic E-state index is 0.107. The third-order valence-electron chi connectivity index (χ3n) is 9.54. The highest BCUT2D eigenvalue weighted by molar-refractivity contribution is 7.46. The average Bonchev–Trinajstić information content (AvgIpc) is 3.41. The lowest BCUT2D eigenvalue weighted by atomic mass is 9.50. The second-order valence-corrected chi connectivity index (χ2v) is 14.9. The van der Waals surface area contributed by atoms with E-state index in [1.165, 1.54) is 29.3 Å². The summed E-state index contributed by atoms with van der Waals surface area (Å²) in [7, 11) is -5.01. The molecule has 0 radical (unpaired) electrons. The molecule has 3 aromatic heterocycles. The molecule has 3 saturated carbocycles. The largest absolute Gasteiger partial charge is 0.471 e. The standard InChI is InChI=1S/C32H35FN9O4P/c1-18-24(6-7-27(33)37-18)30(26-16-42(40-39-26)32-10-20(11-32)12-32)41(17-46-47(43,44)45)23-8-21(13-34)28-25(9-23)29(22(14-35)15-36-28)38-19(2)31(3,4)5/h6-9,15-16,19-20,30H,10-12,17H2,1-5H3,(H,36,38)(H2,43,44,45)/t19-,20?,30+,32?/m1/s1. The van der Waals surface area contributed by atoms with Crippen molar-refractivity contribution in [2.75, 3.05) is 16.9 Å². The Morgan fingerprint density at radius 3 is 2.49 bits per heavy atom. The van der Waals surface area contributed by atoms with Gasteiger partial charge >= 0.3 is 7.82 Å². The van der Waals surface area contributed by atoms with E-state index in [-0.39, 0.29) is 28.1 Å². The molecule has 7 rings (SSSR count). The van der Waals surface area contributed by atoms with E-state index in [0.29, 0.717) is 45.1 Å². The Morgan fingerprint density at radius 2 is 1.91 bits per heavy atom. The molecular weight excluding hydrogens is 624 g/mol. The van der Waals surface area contributed by atoms with Crippen molar-refractivity contribution >= 4 is 30.1 Å². The van der Waals surface area contributed by atoms with Gasteiger partial charge in [0, 0.05) is 34.6 Å². The van der Waals surface area contributed by atoms with Crippen LogP contribution < -0.4 is 10.2 Å². The van der Waals surface area contributed by atoms with Gasteiger partial charge in [-0.1, -0.05) is 32.1 Å². The lowest BCUT2D eigenvalue weighted by Crippen LogP contribution is -2.59. The fourth-order valence-corrected chi connectivity index (χ4v) is 6.59. The topological polar surface area (TPSA) is 186 Å². The van der Waals surface area contributed by atoms with E-state index in [1.807, 2.05) is 11.6 Å². The fourth-order valence-electron chi connectivity index (χ4n) is 6.31. The Hall–Kier alpha value is -4.46. The maximum absolute atomic E-state index is 14.3. The molecule has 244 valence electrons. The molecule has 0 aliphatic heterocycles. The minimum atomic E-state index is -5.01. The van der Waals surface area contributed by atoms with E-state index >= 15 is 0 Å². The number of halogens is 1. The number of benzene rings is 1. The monoisotopic (exact) mass is 659 g/mol. The van der Waals surface area contributed by atoms with Gasteiger partial charge in [-0.2, -0.15) is 14.9 Å². The lowest BCUT2D eigenvalue weighted by molar-refractivity contribution is -0.0989. The average molecular weight is 660 g/mol. The Bertz CT molecular complexity index is 1990. The zero-order valence-electron chi connectivity index (χ0n) is 26.6. The predicted octanol–water partition coefficient (Wildman–Crippen LogP) is 5.43. The molecule has 0 unspecified atom stereocenters. The number of pyridine rings is 2. The highest BCUT2D eigenvalue weighted by Crippen LogP contribution is 2.62. The maximum atomic E-state index is 14.3. The molecule has 4 aromatic rings. The van der Waals surface area contributed by atoms with Crippen LogP contribution >= 0.6 is 7.82 Å². The Kier molecular flexibility index (Phi) is 8.05. The molecule has 0 saturated heterocycles. The van der Waals surface area contributed by atoms with Gasteiger partial charge in [-0.15, -0.1) is 5.10 Å². The number of nitriles is 2. The molecule has 2 bridgehead atoms. The summed E-state index contributed by atoms with van der Waals surface area (Å²) in [6.45, 7) is 9.11. The fraction of sp³-hybridized carbons (Fsp3) is 0.438. The van der Waals surface area contributed by atoms with Gasteiger partial charge in [0.15, 0.2) is 0 Å². The summed E-state index contributed by atoms with van der Waals surface area (Å²) >= 11 is 0. The first-order valence-electron chi connectivity index (χ1n) is 15.2. The zero-order valence-corrected chi connectivity index (χ0v) is 27.5. The van der Waals surface area contributed by atoms with E-state index in [1.54, 1.807) is 19.2 Å². The van der Waals surface area contributed by atoms with Crippen molar-refractivity contribution < 1.29 is 23.3 Å². The van der Waals surface area contributed by atoms with Crippen LogP contribution in [-0.2, 0) is 14.6 Å². The van der Waals surface area contributed by atoms with Crippen LogP contribution in [0.3, 0.4) is 0 Å². The summed E-state index contributed by atoms with van der Waals surface area (Å²) in [6.07, 6.45) is 6.20. The molecule has 15 heteroatoms. The van der Waals surface area contributed by atoms with Crippen molar-refractivity contribution in [3.63, 3.8) is 0 Å². The van der Waals surface area contributed by atoms with Crippen LogP contribution in [0.2, 0.25) is 0 Å². The number of phosphoric acid groups is 1. The zero-order chi connectivity index (χ0) is 33.9. The summed E-state index contributed by atoms with van der Waals surface area (Å²) in [5.41, 5.74) is 2.39. The van der Waals surface area contributed by atoms with Crippen molar-refractivity contribution in [1.82, 2.24) is 25.0 Å². The van der Waals surface area contributed by atoms with E-state index < -0.39 is 26.5 Å². The molecular formula is C32H35FN9O4P. The minimum Gasteiger partial charge on any atom is -0.380 e. The van der Waals surface area contributed by atoms with Crippen LogP contribution in [-0.4, -0.2) is 47.5 Å². The van der Waals surface area contributed by atoms with Crippen molar-refractivity contribution in [2.45, 2.75) is 71.5 Å². The van der Waals surface area contributed by atoms with Crippen LogP contribution in [0.5, 0.6) is 0 Å². The summed E-state index contributed by atoms with van der Waals surface area (Å²) in [4.78, 5) is 29.6. The quantitative estimate of drug-likeness (QED) is 0.112. The molecule has 0 amide bonds. The third-order valence-corrected chi connectivity index (χ3v) is 9.99. The van der Waals surface area contributed by atoms with Gasteiger partial charge < -0.3 is 20.0 Å². The summed E-state index contributed by atoms with van der Waals surface area (Å²) in [6, 6.07) is 9.27. The van der Waals surface area contributed by atoms with Crippen LogP contribution in [0, 0.1) is 46.9 Å². The van der Waals surface area contributed by atoms with Crippen molar-refractivity contribution in [1.29, 1.82) is 10.5 Å². The third kappa shape index (κ3) is 6.06. The van der Waals surface area contributed by atoms with Gasteiger partial charge in [0.25, 0.3) is 0 Å². The van der Waals surface area contributed by atoms with Crippen LogP contribution in [0.1, 0.15) is 81.1 Å². The second kappa shape index (κ2) is 11.7. The molecule has 3 fully saturated rings. The number of phosphoric ester groups is 1. The van der Waals surface area contributed by atoms with Crippen LogP contribution in [0.25, 0.3) is 10.9 Å². The maximum Gasteiger partial charge on any atom is 0.471 e. The number of aromatic nitrogens is 5. The molecule has 3 aliphatic carbocycles. The second-order valence-electron chi connectivity index (χ2n) is 13.6. The van der Waals surface area contributed by atoms with Gasteiger partial charge in [0.2, 0.25) is 5.95 Å². The number of aryl methyl sites for hydroxylation is 1. The van der Waals surface area contributed by atoms with Crippen molar-refractivity contribution in [3.05, 3.63) is 70.7 Å². The number of fused-ring (bicyclic) bond motifs is 1. The first kappa shape index (κ1) is 32.5. The molecule has 3 N–H and O–H groups in total. The summed E-state index contributed by atoms with van der Waals surface area (Å²) in [5, 5.41) is 33.2. The molecule has 1 aromatic carbocycles. The predicted molar refractivity (Wildman–Crippen MR) is 170 cm³/mol. The summed E-state index contributed by atoms with van der Waals surface area (Å²) in [5.74, 6) is -0.0235. The van der Waals surface area contributed by atoms with Gasteiger partial charge in [0.1, 0.15) is 30.6 Å². The lowest BCUT2D eigenvalue weighted by Gasteiger charge is -2.61. The molecule has 0 spiro atoms. The molecule has 3 heterocycles. The number of nitrogens with one attached hydrogen (secondary N) is 1.